The minimum Gasteiger partial charge on any atom is -0.355 e. The molecular weight excluding hydrogens is 281 g/mol. The highest BCUT2D eigenvalue weighted by Gasteiger charge is 2.22. The van der Waals surface area contributed by atoms with Crippen molar-refractivity contribution in [3.05, 3.63) is 46.0 Å². The number of hydrogen-bond donors (Lipinski definition) is 2. The van der Waals surface area contributed by atoms with Crippen LogP contribution in [0.5, 0.6) is 0 Å². The van der Waals surface area contributed by atoms with Gasteiger partial charge in [-0.25, -0.2) is 4.39 Å². The van der Waals surface area contributed by atoms with Crippen LogP contribution < -0.4 is 10.7 Å². The molecule has 1 aromatic heterocycles. The Hall–Kier alpha value is -1.72. The van der Waals surface area contributed by atoms with Gasteiger partial charge >= 0.3 is 0 Å². The van der Waals surface area contributed by atoms with Crippen molar-refractivity contribution < 1.29 is 4.39 Å². The number of aromatic amines is 1. The standard InChI is InChI=1S/C17H22FN3O/c1-2-21-8-4-5-13(21)11-19-10-12-9-16(22)14-6-3-7-15(18)17(14)20-12/h3,6-7,9,13,19H,2,4-5,8,10-11H2,1H3,(H,20,22). The first kappa shape index (κ1) is 15.2. The van der Waals surface area contributed by atoms with E-state index in [1.807, 2.05) is 0 Å². The largest absolute Gasteiger partial charge is 0.355 e. The van der Waals surface area contributed by atoms with Gasteiger partial charge in [0.25, 0.3) is 0 Å². The van der Waals surface area contributed by atoms with Gasteiger partial charge in [0.1, 0.15) is 5.82 Å². The van der Waals surface area contributed by atoms with Crippen LogP contribution in [0.3, 0.4) is 0 Å². The van der Waals surface area contributed by atoms with Gasteiger partial charge in [0.2, 0.25) is 0 Å². The SMILES string of the molecule is CCN1CCCC1CNCc1cc(=O)c2cccc(F)c2[nH]1. The molecule has 0 saturated carbocycles. The molecule has 4 nitrogen and oxygen atoms in total. The molecule has 3 rings (SSSR count). The number of rotatable bonds is 5. The highest BCUT2D eigenvalue weighted by atomic mass is 19.1. The van der Waals surface area contributed by atoms with E-state index in [0.717, 1.165) is 18.8 Å². The fourth-order valence-electron chi connectivity index (χ4n) is 3.30. The number of likely N-dealkylation sites (N-methyl/N-ethyl adjacent to an activating group) is 1. The molecule has 1 unspecified atom stereocenters. The topological polar surface area (TPSA) is 48.1 Å². The van der Waals surface area contributed by atoms with E-state index in [2.05, 4.69) is 22.1 Å². The molecule has 2 N–H and O–H groups in total. The second-order valence-electron chi connectivity index (χ2n) is 5.88. The van der Waals surface area contributed by atoms with E-state index >= 15 is 0 Å². The molecule has 2 heterocycles. The molecule has 1 saturated heterocycles. The summed E-state index contributed by atoms with van der Waals surface area (Å²) in [6, 6.07) is 6.69. The van der Waals surface area contributed by atoms with Crippen LogP contribution in [0.25, 0.3) is 10.9 Å². The van der Waals surface area contributed by atoms with Crippen LogP contribution >= 0.6 is 0 Å². The molecule has 118 valence electrons. The fraction of sp³-hybridized carbons (Fsp3) is 0.471. The first-order chi connectivity index (χ1) is 10.7. The van der Waals surface area contributed by atoms with Crippen LogP contribution in [0, 0.1) is 5.82 Å². The third-order valence-electron chi connectivity index (χ3n) is 4.47. The minimum atomic E-state index is -0.385. The molecule has 0 radical (unpaired) electrons. The Labute approximate surface area is 129 Å². The summed E-state index contributed by atoms with van der Waals surface area (Å²) in [7, 11) is 0. The molecule has 0 aliphatic carbocycles. The normalized spacial score (nSPS) is 19.1. The quantitative estimate of drug-likeness (QED) is 0.890. The van der Waals surface area contributed by atoms with Crippen molar-refractivity contribution in [2.45, 2.75) is 32.4 Å². The summed E-state index contributed by atoms with van der Waals surface area (Å²) >= 11 is 0. The number of para-hydroxylation sites is 1. The van der Waals surface area contributed by atoms with E-state index in [1.54, 1.807) is 18.2 Å². The fourth-order valence-corrected chi connectivity index (χ4v) is 3.30. The van der Waals surface area contributed by atoms with Crippen LogP contribution in [0.4, 0.5) is 4.39 Å². The van der Waals surface area contributed by atoms with Gasteiger partial charge in [0.15, 0.2) is 5.43 Å². The maximum atomic E-state index is 13.8. The second-order valence-corrected chi connectivity index (χ2v) is 5.88. The Kier molecular flexibility index (Phi) is 4.55. The van der Waals surface area contributed by atoms with E-state index < -0.39 is 0 Å². The van der Waals surface area contributed by atoms with Crippen LogP contribution in [-0.2, 0) is 6.54 Å². The third kappa shape index (κ3) is 3.05. The predicted octanol–water partition coefficient (Wildman–Crippen LogP) is 2.24. The van der Waals surface area contributed by atoms with Crippen molar-refractivity contribution in [1.29, 1.82) is 0 Å². The minimum absolute atomic E-state index is 0.138. The van der Waals surface area contributed by atoms with Crippen molar-refractivity contribution in [2.75, 3.05) is 19.6 Å². The van der Waals surface area contributed by atoms with E-state index in [1.165, 1.54) is 25.5 Å². The summed E-state index contributed by atoms with van der Waals surface area (Å²) < 4.78 is 13.8. The van der Waals surface area contributed by atoms with Gasteiger partial charge in [-0.1, -0.05) is 13.0 Å². The summed E-state index contributed by atoms with van der Waals surface area (Å²) in [5, 5.41) is 3.78. The summed E-state index contributed by atoms with van der Waals surface area (Å²) in [4.78, 5) is 17.6. The van der Waals surface area contributed by atoms with Crippen LogP contribution in [0.1, 0.15) is 25.5 Å². The van der Waals surface area contributed by atoms with Crippen LogP contribution in [0.2, 0.25) is 0 Å². The Balaban J connectivity index is 1.69. The van der Waals surface area contributed by atoms with E-state index in [-0.39, 0.29) is 11.2 Å². The monoisotopic (exact) mass is 303 g/mol. The van der Waals surface area contributed by atoms with Crippen LogP contribution in [0.15, 0.2) is 29.1 Å². The highest BCUT2D eigenvalue weighted by Crippen LogP contribution is 2.16. The summed E-state index contributed by atoms with van der Waals surface area (Å²) in [6.45, 7) is 5.87. The molecule has 1 fully saturated rings. The smallest absolute Gasteiger partial charge is 0.189 e. The molecule has 1 aliphatic heterocycles. The lowest BCUT2D eigenvalue weighted by atomic mass is 10.2. The van der Waals surface area contributed by atoms with E-state index in [0.29, 0.717) is 23.5 Å². The third-order valence-corrected chi connectivity index (χ3v) is 4.47. The van der Waals surface area contributed by atoms with Crippen molar-refractivity contribution in [2.24, 2.45) is 0 Å². The van der Waals surface area contributed by atoms with Crippen LogP contribution in [-0.4, -0.2) is 35.6 Å². The Morgan fingerprint density at radius 1 is 1.45 bits per heavy atom. The number of halogens is 1. The molecule has 0 spiro atoms. The molecule has 2 aromatic rings. The van der Waals surface area contributed by atoms with Gasteiger partial charge in [-0.05, 0) is 38.1 Å². The van der Waals surface area contributed by atoms with E-state index in [4.69, 9.17) is 0 Å². The second kappa shape index (κ2) is 6.58. The van der Waals surface area contributed by atoms with Gasteiger partial charge in [-0.3, -0.25) is 9.69 Å². The first-order valence-electron chi connectivity index (χ1n) is 7.94. The molecule has 0 bridgehead atoms. The maximum Gasteiger partial charge on any atom is 0.189 e. The molecule has 22 heavy (non-hydrogen) atoms. The van der Waals surface area contributed by atoms with Crippen molar-refractivity contribution in [3.8, 4) is 0 Å². The first-order valence-corrected chi connectivity index (χ1v) is 7.94. The van der Waals surface area contributed by atoms with Crippen molar-refractivity contribution in [1.82, 2.24) is 15.2 Å². The molecule has 1 aromatic carbocycles. The highest BCUT2D eigenvalue weighted by molar-refractivity contribution is 5.78. The average molecular weight is 303 g/mol. The maximum absolute atomic E-state index is 13.8. The summed E-state index contributed by atoms with van der Waals surface area (Å²) in [5.41, 5.74) is 0.882. The van der Waals surface area contributed by atoms with Gasteiger partial charge in [0.05, 0.1) is 5.52 Å². The lowest BCUT2D eigenvalue weighted by Gasteiger charge is -2.23. The number of nitrogens with zero attached hydrogens (tertiary/aromatic N) is 1. The zero-order chi connectivity index (χ0) is 15.5. The molecule has 1 atom stereocenters. The Morgan fingerprint density at radius 3 is 3.14 bits per heavy atom. The van der Waals surface area contributed by atoms with Gasteiger partial charge in [-0.2, -0.15) is 0 Å². The number of hydrogen-bond acceptors (Lipinski definition) is 3. The molecule has 0 amide bonds. The number of pyridine rings is 1. The molecular formula is C17H22FN3O. The molecule has 1 aliphatic rings. The predicted molar refractivity (Wildman–Crippen MR) is 86.5 cm³/mol. The lowest BCUT2D eigenvalue weighted by molar-refractivity contribution is 0.259. The number of benzene rings is 1. The summed E-state index contributed by atoms with van der Waals surface area (Å²) in [5.74, 6) is -0.385. The Morgan fingerprint density at radius 2 is 2.32 bits per heavy atom. The van der Waals surface area contributed by atoms with Gasteiger partial charge in [-0.15, -0.1) is 0 Å². The number of nitrogens with one attached hydrogen (secondary N) is 2. The Bertz CT molecular complexity index is 713. The zero-order valence-corrected chi connectivity index (χ0v) is 12.9. The average Bonchev–Trinajstić information content (AvgIpc) is 2.96. The number of H-pyrrole nitrogens is 1. The van der Waals surface area contributed by atoms with Gasteiger partial charge < -0.3 is 10.3 Å². The van der Waals surface area contributed by atoms with E-state index in [9.17, 15) is 9.18 Å². The molecule has 5 heteroatoms. The van der Waals surface area contributed by atoms with Gasteiger partial charge in [0, 0.05) is 36.3 Å². The lowest BCUT2D eigenvalue weighted by Crippen LogP contribution is -2.37. The zero-order valence-electron chi connectivity index (χ0n) is 12.9. The van der Waals surface area contributed by atoms with Crippen molar-refractivity contribution in [3.63, 3.8) is 0 Å². The summed E-state index contributed by atoms with van der Waals surface area (Å²) in [6.07, 6.45) is 2.46. The number of likely N-dealkylation sites (tertiary alicyclic amines) is 1. The number of aromatic nitrogens is 1. The number of fused-ring (bicyclic) bond motifs is 1. The van der Waals surface area contributed by atoms with Crippen molar-refractivity contribution >= 4 is 10.9 Å².